The summed E-state index contributed by atoms with van der Waals surface area (Å²) in [5, 5.41) is 0. The topological polar surface area (TPSA) is 54.8 Å². The van der Waals surface area contributed by atoms with Gasteiger partial charge in [-0.3, -0.25) is 4.79 Å². The van der Waals surface area contributed by atoms with Crippen LogP contribution in [-0.2, 0) is 16.1 Å². The zero-order chi connectivity index (χ0) is 20.4. The summed E-state index contributed by atoms with van der Waals surface area (Å²) < 4.78 is 7.49. The highest BCUT2D eigenvalue weighted by atomic mass is 16.5. The molecule has 1 aromatic carbocycles. The van der Waals surface area contributed by atoms with E-state index in [-0.39, 0.29) is 12.5 Å². The molecule has 1 saturated carbocycles. The highest BCUT2D eigenvalue weighted by Crippen LogP contribution is 2.38. The third-order valence-electron chi connectivity index (χ3n) is 5.24. The maximum Gasteiger partial charge on any atom is 0.340 e. The van der Waals surface area contributed by atoms with Gasteiger partial charge in [0.2, 0.25) is 0 Å². The van der Waals surface area contributed by atoms with E-state index in [1.807, 2.05) is 63.2 Å². The van der Waals surface area contributed by atoms with Crippen LogP contribution in [-0.4, -0.2) is 49.1 Å². The molecule has 1 aliphatic carbocycles. The van der Waals surface area contributed by atoms with Gasteiger partial charge in [0.25, 0.3) is 5.91 Å². The van der Waals surface area contributed by atoms with Crippen molar-refractivity contribution in [3.8, 4) is 0 Å². The Morgan fingerprint density at radius 2 is 1.75 bits per heavy atom. The lowest BCUT2D eigenvalue weighted by atomic mass is 10.2. The van der Waals surface area contributed by atoms with Gasteiger partial charge in [0.15, 0.2) is 6.61 Å². The second kappa shape index (κ2) is 8.09. The number of carbonyl (C=O) groups excluding carboxylic acids is 2. The molecular formula is C22H29N3O3. The molecule has 3 rings (SSSR count). The normalized spacial score (nSPS) is 13.3. The van der Waals surface area contributed by atoms with E-state index in [0.29, 0.717) is 18.2 Å². The first-order chi connectivity index (χ1) is 13.3. The Bertz CT molecular complexity index is 864. The minimum Gasteiger partial charge on any atom is -0.452 e. The summed E-state index contributed by atoms with van der Waals surface area (Å²) >= 11 is 0. The van der Waals surface area contributed by atoms with Crippen LogP contribution in [0.25, 0.3) is 0 Å². The van der Waals surface area contributed by atoms with Crippen molar-refractivity contribution in [3.63, 3.8) is 0 Å². The molecule has 1 heterocycles. The fourth-order valence-corrected chi connectivity index (χ4v) is 3.46. The Hall–Kier alpha value is -2.76. The lowest BCUT2D eigenvalue weighted by Crippen LogP contribution is -2.30. The number of ether oxygens (including phenoxy) is 1. The number of likely N-dealkylation sites (N-methyl/N-ethyl adjacent to an activating group) is 1. The zero-order valence-electron chi connectivity index (χ0n) is 17.4. The van der Waals surface area contributed by atoms with E-state index in [4.69, 9.17) is 4.74 Å². The summed E-state index contributed by atoms with van der Waals surface area (Å²) in [6.45, 7) is 4.16. The van der Waals surface area contributed by atoms with Crippen LogP contribution in [0.15, 0.2) is 30.3 Å². The molecule has 150 valence electrons. The molecule has 6 nitrogen and oxygen atoms in total. The monoisotopic (exact) mass is 383 g/mol. The molecule has 0 spiro atoms. The maximum atomic E-state index is 12.4. The zero-order valence-corrected chi connectivity index (χ0v) is 17.4. The Labute approximate surface area is 166 Å². The minimum absolute atomic E-state index is 0.221. The van der Waals surface area contributed by atoms with Crippen molar-refractivity contribution in [2.45, 2.75) is 39.3 Å². The van der Waals surface area contributed by atoms with E-state index in [1.54, 1.807) is 11.9 Å². The van der Waals surface area contributed by atoms with Gasteiger partial charge in [-0.05, 0) is 50.5 Å². The van der Waals surface area contributed by atoms with Crippen LogP contribution >= 0.6 is 0 Å². The number of hydrogen-bond donors (Lipinski definition) is 0. The highest BCUT2D eigenvalue weighted by Gasteiger charge is 2.29. The minimum atomic E-state index is -0.433. The van der Waals surface area contributed by atoms with Gasteiger partial charge in [0, 0.05) is 50.8 Å². The Balaban J connectivity index is 1.54. The second-order valence-electron chi connectivity index (χ2n) is 7.77. The van der Waals surface area contributed by atoms with Crippen LogP contribution in [0.4, 0.5) is 5.69 Å². The van der Waals surface area contributed by atoms with Gasteiger partial charge < -0.3 is 19.1 Å². The SMILES string of the molecule is Cc1cc(C(=O)OCC(=O)N(C)Cc2ccc(N(C)C)cc2)c(C)n1C1CC1. The van der Waals surface area contributed by atoms with Crippen LogP contribution < -0.4 is 4.90 Å². The van der Waals surface area contributed by atoms with E-state index in [9.17, 15) is 9.59 Å². The number of amides is 1. The van der Waals surface area contributed by atoms with Crippen molar-refractivity contribution in [1.82, 2.24) is 9.47 Å². The molecule has 0 N–H and O–H groups in total. The summed E-state index contributed by atoms with van der Waals surface area (Å²) in [7, 11) is 5.69. The van der Waals surface area contributed by atoms with Crippen molar-refractivity contribution < 1.29 is 14.3 Å². The van der Waals surface area contributed by atoms with Gasteiger partial charge in [-0.1, -0.05) is 12.1 Å². The number of benzene rings is 1. The fraction of sp³-hybridized carbons (Fsp3) is 0.455. The molecule has 2 aromatic rings. The molecule has 0 saturated heterocycles. The smallest absolute Gasteiger partial charge is 0.340 e. The number of hydrogen-bond acceptors (Lipinski definition) is 4. The molecule has 0 aliphatic heterocycles. The lowest BCUT2D eigenvalue weighted by Gasteiger charge is -2.18. The van der Waals surface area contributed by atoms with Crippen LogP contribution in [0.2, 0.25) is 0 Å². The Kier molecular flexibility index (Phi) is 5.77. The fourth-order valence-electron chi connectivity index (χ4n) is 3.46. The van der Waals surface area contributed by atoms with Gasteiger partial charge in [0.05, 0.1) is 5.56 Å². The van der Waals surface area contributed by atoms with Crippen molar-refractivity contribution in [2.24, 2.45) is 0 Å². The predicted octanol–water partition coefficient (Wildman–Crippen LogP) is 3.32. The Morgan fingerprint density at radius 3 is 2.32 bits per heavy atom. The lowest BCUT2D eigenvalue weighted by molar-refractivity contribution is -0.133. The molecule has 0 bridgehead atoms. The largest absolute Gasteiger partial charge is 0.452 e. The van der Waals surface area contributed by atoms with Gasteiger partial charge >= 0.3 is 5.97 Å². The quantitative estimate of drug-likeness (QED) is 0.689. The average Bonchev–Trinajstić information content (AvgIpc) is 3.44. The first-order valence-electron chi connectivity index (χ1n) is 9.63. The summed E-state index contributed by atoms with van der Waals surface area (Å²) in [5.74, 6) is -0.655. The first kappa shape index (κ1) is 20.0. The predicted molar refractivity (Wildman–Crippen MR) is 110 cm³/mol. The number of nitrogens with zero attached hydrogens (tertiary/aromatic N) is 3. The van der Waals surface area contributed by atoms with Crippen molar-refractivity contribution in [1.29, 1.82) is 0 Å². The van der Waals surface area contributed by atoms with E-state index < -0.39 is 5.97 Å². The van der Waals surface area contributed by atoms with Crippen LogP contribution in [0.1, 0.15) is 46.2 Å². The molecule has 1 fully saturated rings. The third-order valence-corrected chi connectivity index (χ3v) is 5.24. The maximum absolute atomic E-state index is 12.4. The summed E-state index contributed by atoms with van der Waals surface area (Å²) in [5.41, 5.74) is 4.68. The second-order valence-corrected chi connectivity index (χ2v) is 7.77. The van der Waals surface area contributed by atoms with Crippen molar-refractivity contribution in [3.05, 3.63) is 52.8 Å². The number of aromatic nitrogens is 1. The van der Waals surface area contributed by atoms with Gasteiger partial charge in [-0.25, -0.2) is 4.79 Å². The van der Waals surface area contributed by atoms with Gasteiger partial charge in [0.1, 0.15) is 0 Å². The van der Waals surface area contributed by atoms with Gasteiger partial charge in [-0.2, -0.15) is 0 Å². The number of aryl methyl sites for hydroxylation is 1. The molecular weight excluding hydrogens is 354 g/mol. The van der Waals surface area contributed by atoms with Crippen LogP contribution in [0, 0.1) is 13.8 Å². The van der Waals surface area contributed by atoms with E-state index in [0.717, 1.165) is 35.5 Å². The summed E-state index contributed by atoms with van der Waals surface area (Å²) in [4.78, 5) is 28.4. The molecule has 28 heavy (non-hydrogen) atoms. The van der Waals surface area contributed by atoms with Crippen LogP contribution in [0.5, 0.6) is 0 Å². The van der Waals surface area contributed by atoms with Crippen LogP contribution in [0.3, 0.4) is 0 Å². The number of esters is 1. The van der Waals surface area contributed by atoms with Crippen molar-refractivity contribution in [2.75, 3.05) is 32.6 Å². The Morgan fingerprint density at radius 1 is 1.11 bits per heavy atom. The molecule has 1 aromatic heterocycles. The molecule has 6 heteroatoms. The van der Waals surface area contributed by atoms with Gasteiger partial charge in [-0.15, -0.1) is 0 Å². The van der Waals surface area contributed by atoms with Crippen molar-refractivity contribution >= 4 is 17.6 Å². The average molecular weight is 383 g/mol. The molecule has 1 aliphatic rings. The molecule has 0 atom stereocenters. The third kappa shape index (κ3) is 4.38. The number of carbonyl (C=O) groups is 2. The van der Waals surface area contributed by atoms with E-state index >= 15 is 0 Å². The summed E-state index contributed by atoms with van der Waals surface area (Å²) in [6.07, 6.45) is 2.31. The first-order valence-corrected chi connectivity index (χ1v) is 9.63. The molecule has 0 unspecified atom stereocenters. The highest BCUT2D eigenvalue weighted by molar-refractivity contribution is 5.92. The molecule has 1 amide bonds. The number of anilines is 1. The standard InChI is InChI=1S/C22H29N3O3/c1-15-12-20(16(2)25(15)19-10-11-19)22(27)28-14-21(26)24(5)13-17-6-8-18(9-7-17)23(3)4/h6-9,12,19H,10-11,13-14H2,1-5H3. The number of rotatable bonds is 7. The van der Waals surface area contributed by atoms with E-state index in [1.165, 1.54) is 0 Å². The summed E-state index contributed by atoms with van der Waals surface area (Å²) in [6, 6.07) is 10.4. The molecule has 0 radical (unpaired) electrons. The van der Waals surface area contributed by atoms with E-state index in [2.05, 4.69) is 4.57 Å².